The van der Waals surface area contributed by atoms with E-state index in [0.717, 1.165) is 4.90 Å². The van der Waals surface area contributed by atoms with E-state index < -0.39 is 40.1 Å². The zero-order chi connectivity index (χ0) is 16.0. The van der Waals surface area contributed by atoms with E-state index in [2.05, 4.69) is 11.8 Å². The molecule has 0 N–H and O–H groups in total. The first-order chi connectivity index (χ1) is 9.90. The molecule has 0 radical (unpaired) electrons. The number of rotatable bonds is 5. The van der Waals surface area contributed by atoms with Gasteiger partial charge in [0.15, 0.2) is 0 Å². The van der Waals surface area contributed by atoms with Gasteiger partial charge in [0.2, 0.25) is 5.91 Å². The van der Waals surface area contributed by atoms with E-state index in [0.29, 0.717) is 12.1 Å². The Hall–Kier alpha value is -2.93. The van der Waals surface area contributed by atoms with Gasteiger partial charge in [-0.1, -0.05) is 11.8 Å². The van der Waals surface area contributed by atoms with Crippen LogP contribution in [0.3, 0.4) is 0 Å². The van der Waals surface area contributed by atoms with Crippen LogP contribution in [0.2, 0.25) is 0 Å². The SMILES string of the molecule is C#CCN(CC#C)C(=O)Cc1c(F)cc([N+](=O)[O-])cc1F. The highest BCUT2D eigenvalue weighted by Crippen LogP contribution is 2.21. The van der Waals surface area contributed by atoms with Gasteiger partial charge in [0.05, 0.1) is 36.6 Å². The van der Waals surface area contributed by atoms with Crippen LogP contribution in [0, 0.1) is 46.4 Å². The number of amides is 1. The third kappa shape index (κ3) is 4.02. The van der Waals surface area contributed by atoms with Crippen molar-refractivity contribution in [2.75, 3.05) is 13.1 Å². The number of carbonyl (C=O) groups excluding carboxylic acids is 1. The average Bonchev–Trinajstić information content (AvgIpc) is 2.42. The Morgan fingerprint density at radius 2 is 1.71 bits per heavy atom. The number of nitrogens with zero attached hydrogens (tertiary/aromatic N) is 2. The van der Waals surface area contributed by atoms with Gasteiger partial charge in [-0.05, 0) is 0 Å². The van der Waals surface area contributed by atoms with Crippen LogP contribution in [0.1, 0.15) is 5.56 Å². The number of nitro benzene ring substituents is 1. The summed E-state index contributed by atoms with van der Waals surface area (Å²) in [6.07, 6.45) is 9.51. The summed E-state index contributed by atoms with van der Waals surface area (Å²) in [6.45, 7) is -0.196. The molecule has 21 heavy (non-hydrogen) atoms. The molecule has 0 saturated heterocycles. The molecule has 1 amide bonds. The van der Waals surface area contributed by atoms with Gasteiger partial charge < -0.3 is 4.90 Å². The van der Waals surface area contributed by atoms with E-state index in [1.165, 1.54) is 0 Å². The highest BCUT2D eigenvalue weighted by Gasteiger charge is 2.21. The van der Waals surface area contributed by atoms with Gasteiger partial charge in [-0.15, -0.1) is 12.8 Å². The van der Waals surface area contributed by atoms with Crippen molar-refractivity contribution in [3.8, 4) is 24.7 Å². The number of carbonyl (C=O) groups is 1. The first kappa shape index (κ1) is 16.1. The molecule has 1 aromatic rings. The van der Waals surface area contributed by atoms with Gasteiger partial charge in [0.1, 0.15) is 11.6 Å². The van der Waals surface area contributed by atoms with Crippen LogP contribution in [0.15, 0.2) is 12.1 Å². The Morgan fingerprint density at radius 3 is 2.10 bits per heavy atom. The van der Waals surface area contributed by atoms with Crippen molar-refractivity contribution < 1.29 is 18.5 Å². The number of terminal acetylenes is 2. The second-order valence-corrected chi connectivity index (χ2v) is 3.98. The molecule has 108 valence electrons. The van der Waals surface area contributed by atoms with Crippen molar-refractivity contribution in [1.82, 2.24) is 4.90 Å². The molecule has 1 aromatic carbocycles. The van der Waals surface area contributed by atoms with E-state index >= 15 is 0 Å². The van der Waals surface area contributed by atoms with Crippen molar-refractivity contribution in [3.05, 3.63) is 39.4 Å². The largest absolute Gasteiger partial charge is 0.320 e. The minimum Gasteiger partial charge on any atom is -0.320 e. The average molecular weight is 292 g/mol. The normalized spacial score (nSPS) is 9.52. The summed E-state index contributed by atoms with van der Waals surface area (Å²) in [5.41, 5.74) is -1.30. The monoisotopic (exact) mass is 292 g/mol. The molecule has 0 aliphatic rings. The number of hydrogen-bond acceptors (Lipinski definition) is 3. The molecule has 0 heterocycles. The summed E-state index contributed by atoms with van der Waals surface area (Å²) in [5, 5.41) is 10.5. The van der Waals surface area contributed by atoms with Crippen molar-refractivity contribution >= 4 is 11.6 Å². The molecule has 0 aromatic heterocycles. The lowest BCUT2D eigenvalue weighted by Crippen LogP contribution is -2.33. The second kappa shape index (κ2) is 7.01. The van der Waals surface area contributed by atoms with Crippen LogP contribution < -0.4 is 0 Å². The van der Waals surface area contributed by atoms with Crippen molar-refractivity contribution in [3.63, 3.8) is 0 Å². The lowest BCUT2D eigenvalue weighted by atomic mass is 10.1. The maximum atomic E-state index is 13.7. The highest BCUT2D eigenvalue weighted by molar-refractivity contribution is 5.79. The lowest BCUT2D eigenvalue weighted by molar-refractivity contribution is -0.385. The van der Waals surface area contributed by atoms with Gasteiger partial charge in [-0.2, -0.15) is 0 Å². The molecule has 0 fully saturated rings. The zero-order valence-electron chi connectivity index (χ0n) is 10.8. The fourth-order valence-electron chi connectivity index (χ4n) is 1.58. The van der Waals surface area contributed by atoms with Gasteiger partial charge in [-0.25, -0.2) is 8.78 Å². The molecule has 0 aliphatic heterocycles. The van der Waals surface area contributed by atoms with E-state index in [1.807, 2.05) is 0 Å². The predicted octanol–water partition coefficient (Wildman–Crippen LogP) is 1.51. The quantitative estimate of drug-likeness (QED) is 0.469. The molecule has 1 rings (SSSR count). The summed E-state index contributed by atoms with van der Waals surface area (Å²) in [6, 6.07) is 1.11. The van der Waals surface area contributed by atoms with E-state index in [4.69, 9.17) is 12.8 Å². The molecule has 5 nitrogen and oxygen atoms in total. The van der Waals surface area contributed by atoms with Gasteiger partial charge in [0, 0.05) is 5.56 Å². The molecule has 0 spiro atoms. The number of halogens is 2. The standard InChI is InChI=1S/C14H10F2N2O3/c1-3-5-17(6-4-2)14(19)9-11-12(15)7-10(18(20)21)8-13(11)16/h1-2,7-8H,5-6,9H2. The third-order valence-corrected chi connectivity index (χ3v) is 2.58. The predicted molar refractivity (Wildman–Crippen MR) is 71.0 cm³/mol. The Kier molecular flexibility index (Phi) is 5.39. The summed E-state index contributed by atoms with van der Waals surface area (Å²) >= 11 is 0. The van der Waals surface area contributed by atoms with Crippen LogP contribution >= 0.6 is 0 Å². The van der Waals surface area contributed by atoms with Crippen LogP contribution in [0.5, 0.6) is 0 Å². The van der Waals surface area contributed by atoms with Crippen LogP contribution in [0.25, 0.3) is 0 Å². The zero-order valence-corrected chi connectivity index (χ0v) is 10.8. The number of non-ortho nitro benzene ring substituents is 1. The Morgan fingerprint density at radius 1 is 1.24 bits per heavy atom. The fourth-order valence-corrected chi connectivity index (χ4v) is 1.58. The number of hydrogen-bond donors (Lipinski definition) is 0. The van der Waals surface area contributed by atoms with Gasteiger partial charge in [0.25, 0.3) is 5.69 Å². The van der Waals surface area contributed by atoms with E-state index in [9.17, 15) is 23.7 Å². The third-order valence-electron chi connectivity index (χ3n) is 2.58. The molecular weight excluding hydrogens is 282 g/mol. The minimum atomic E-state index is -1.17. The van der Waals surface area contributed by atoms with Crippen molar-refractivity contribution in [1.29, 1.82) is 0 Å². The second-order valence-electron chi connectivity index (χ2n) is 3.98. The summed E-state index contributed by atoms with van der Waals surface area (Å²) < 4.78 is 27.3. The molecule has 0 unspecified atom stereocenters. The van der Waals surface area contributed by atoms with Gasteiger partial charge >= 0.3 is 0 Å². The highest BCUT2D eigenvalue weighted by atomic mass is 19.1. The molecule has 0 aliphatic carbocycles. The number of nitro groups is 1. The molecule has 0 bridgehead atoms. The van der Waals surface area contributed by atoms with Crippen molar-refractivity contribution in [2.24, 2.45) is 0 Å². The number of benzene rings is 1. The summed E-state index contributed by atoms with van der Waals surface area (Å²) in [7, 11) is 0. The van der Waals surface area contributed by atoms with Gasteiger partial charge in [-0.3, -0.25) is 14.9 Å². The van der Waals surface area contributed by atoms with E-state index in [1.54, 1.807) is 0 Å². The topological polar surface area (TPSA) is 63.5 Å². The molecule has 0 saturated carbocycles. The minimum absolute atomic E-state index is 0.0980. The Bertz CT molecular complexity index is 620. The summed E-state index contributed by atoms with van der Waals surface area (Å²) in [5.74, 6) is 1.40. The van der Waals surface area contributed by atoms with Crippen LogP contribution in [-0.4, -0.2) is 28.8 Å². The lowest BCUT2D eigenvalue weighted by Gasteiger charge is -2.17. The maximum absolute atomic E-state index is 13.7. The first-order valence-electron chi connectivity index (χ1n) is 5.67. The molecule has 7 heteroatoms. The molecule has 0 atom stereocenters. The smallest absolute Gasteiger partial charge is 0.275 e. The first-order valence-corrected chi connectivity index (χ1v) is 5.67. The maximum Gasteiger partial charge on any atom is 0.275 e. The molecular formula is C14H10F2N2O3. The Labute approximate surface area is 119 Å². The Balaban J connectivity index is 3.03. The van der Waals surface area contributed by atoms with Crippen LogP contribution in [0.4, 0.5) is 14.5 Å². The summed E-state index contributed by atoms with van der Waals surface area (Å²) in [4.78, 5) is 22.5. The van der Waals surface area contributed by atoms with Crippen molar-refractivity contribution in [2.45, 2.75) is 6.42 Å². The fraction of sp³-hybridized carbons (Fsp3) is 0.214. The van der Waals surface area contributed by atoms with Crippen LogP contribution in [-0.2, 0) is 11.2 Å². The van der Waals surface area contributed by atoms with E-state index in [-0.39, 0.29) is 13.1 Å².